The number of nitrogens with zero attached hydrogens (tertiary/aromatic N) is 1. The minimum atomic E-state index is -0.651. The molecule has 0 aliphatic carbocycles. The van der Waals surface area contributed by atoms with E-state index in [9.17, 15) is 14.4 Å². The zero-order valence-corrected chi connectivity index (χ0v) is 11.3. The van der Waals surface area contributed by atoms with E-state index in [1.54, 1.807) is 24.3 Å². The van der Waals surface area contributed by atoms with Crippen molar-refractivity contribution in [3.05, 3.63) is 28.7 Å². The van der Waals surface area contributed by atoms with Crippen molar-refractivity contribution in [3.63, 3.8) is 0 Å². The van der Waals surface area contributed by atoms with Crippen molar-refractivity contribution in [1.82, 2.24) is 15.8 Å². The topological polar surface area (TPSA) is 87.7 Å². The molecule has 1 aromatic rings. The molecule has 100 valence electrons. The van der Waals surface area contributed by atoms with Gasteiger partial charge in [-0.3, -0.25) is 20.3 Å². The van der Waals surface area contributed by atoms with Crippen LogP contribution in [0, 0.1) is 0 Å². The number of urea groups is 1. The lowest BCUT2D eigenvalue weighted by Crippen LogP contribution is -2.46. The van der Waals surface area contributed by atoms with Gasteiger partial charge in [-0.1, -0.05) is 15.9 Å². The van der Waals surface area contributed by atoms with Crippen molar-refractivity contribution in [3.8, 4) is 5.75 Å². The SMILES string of the molecule is O=C1CN(NC(=O)COc2ccc(Br)cc2)C(=O)N1. The third-order valence-corrected chi connectivity index (χ3v) is 2.77. The van der Waals surface area contributed by atoms with Gasteiger partial charge >= 0.3 is 6.03 Å². The summed E-state index contributed by atoms with van der Waals surface area (Å²) in [4.78, 5) is 33.6. The molecule has 0 spiro atoms. The maximum Gasteiger partial charge on any atom is 0.343 e. The number of carbonyl (C=O) groups excluding carboxylic acids is 3. The Balaban J connectivity index is 1.80. The molecule has 8 heteroatoms. The molecular formula is C11H10BrN3O4. The Morgan fingerprint density at radius 3 is 2.63 bits per heavy atom. The van der Waals surface area contributed by atoms with Gasteiger partial charge in [-0.15, -0.1) is 0 Å². The molecule has 2 N–H and O–H groups in total. The number of nitrogens with one attached hydrogen (secondary N) is 2. The van der Waals surface area contributed by atoms with Crippen LogP contribution in [0.4, 0.5) is 4.79 Å². The Morgan fingerprint density at radius 1 is 1.37 bits per heavy atom. The highest BCUT2D eigenvalue weighted by molar-refractivity contribution is 9.10. The molecule has 1 aliphatic rings. The van der Waals surface area contributed by atoms with Gasteiger partial charge in [0.05, 0.1) is 0 Å². The molecule has 1 aromatic carbocycles. The van der Waals surface area contributed by atoms with Crippen LogP contribution in [0.15, 0.2) is 28.7 Å². The Labute approximate surface area is 117 Å². The number of imide groups is 1. The van der Waals surface area contributed by atoms with Gasteiger partial charge in [-0.05, 0) is 24.3 Å². The summed E-state index contributed by atoms with van der Waals surface area (Å²) in [5, 5.41) is 2.94. The number of halogens is 1. The highest BCUT2D eigenvalue weighted by Crippen LogP contribution is 2.15. The van der Waals surface area contributed by atoms with Crippen LogP contribution in [0.2, 0.25) is 0 Å². The van der Waals surface area contributed by atoms with Gasteiger partial charge in [0.1, 0.15) is 12.3 Å². The molecule has 4 amide bonds. The monoisotopic (exact) mass is 327 g/mol. The van der Waals surface area contributed by atoms with Crippen molar-refractivity contribution < 1.29 is 19.1 Å². The minimum absolute atomic E-state index is 0.192. The Kier molecular flexibility index (Phi) is 4.00. The maximum absolute atomic E-state index is 11.5. The summed E-state index contributed by atoms with van der Waals surface area (Å²) < 4.78 is 6.12. The van der Waals surface area contributed by atoms with E-state index in [2.05, 4.69) is 21.4 Å². The first kappa shape index (κ1) is 13.3. The van der Waals surface area contributed by atoms with Gasteiger partial charge in [0.2, 0.25) is 5.91 Å². The first-order valence-electron chi connectivity index (χ1n) is 5.34. The number of ether oxygens (including phenoxy) is 1. The number of hydrogen-bond acceptors (Lipinski definition) is 4. The number of rotatable bonds is 4. The fraction of sp³-hybridized carbons (Fsp3) is 0.182. The molecule has 0 bridgehead atoms. The predicted molar refractivity (Wildman–Crippen MR) is 68.0 cm³/mol. The molecule has 1 aliphatic heterocycles. The predicted octanol–water partition coefficient (Wildman–Crippen LogP) is 0.411. The van der Waals surface area contributed by atoms with E-state index in [-0.39, 0.29) is 13.2 Å². The van der Waals surface area contributed by atoms with E-state index < -0.39 is 17.8 Å². The molecule has 0 unspecified atom stereocenters. The number of hydrazine groups is 1. The van der Waals surface area contributed by atoms with Crippen molar-refractivity contribution in [1.29, 1.82) is 0 Å². The largest absolute Gasteiger partial charge is 0.484 e. The van der Waals surface area contributed by atoms with E-state index in [4.69, 9.17) is 4.74 Å². The van der Waals surface area contributed by atoms with Crippen molar-refractivity contribution >= 4 is 33.8 Å². The molecule has 1 heterocycles. The highest BCUT2D eigenvalue weighted by atomic mass is 79.9. The standard InChI is InChI=1S/C11H10BrN3O4/c12-7-1-3-8(4-2-7)19-6-10(17)14-15-5-9(16)13-11(15)18/h1-4H,5-6H2,(H,14,17)(H,13,16,18). The van der Waals surface area contributed by atoms with Crippen LogP contribution in [0.1, 0.15) is 0 Å². The van der Waals surface area contributed by atoms with Gasteiger partial charge in [-0.2, -0.15) is 0 Å². The zero-order chi connectivity index (χ0) is 13.8. The van der Waals surface area contributed by atoms with E-state index in [1.165, 1.54) is 0 Å². The summed E-state index contributed by atoms with van der Waals surface area (Å²) in [7, 11) is 0. The molecule has 19 heavy (non-hydrogen) atoms. The maximum atomic E-state index is 11.5. The molecule has 0 atom stereocenters. The summed E-state index contributed by atoms with van der Waals surface area (Å²) >= 11 is 3.28. The summed E-state index contributed by atoms with van der Waals surface area (Å²) in [6.45, 7) is -0.442. The average molecular weight is 328 g/mol. The van der Waals surface area contributed by atoms with Crippen LogP contribution in [-0.2, 0) is 9.59 Å². The van der Waals surface area contributed by atoms with E-state index in [0.29, 0.717) is 5.75 Å². The van der Waals surface area contributed by atoms with E-state index >= 15 is 0 Å². The van der Waals surface area contributed by atoms with Crippen molar-refractivity contribution in [2.75, 3.05) is 13.2 Å². The fourth-order valence-corrected chi connectivity index (χ4v) is 1.66. The summed E-state index contributed by atoms with van der Waals surface area (Å²) in [5.74, 6) is -0.452. The molecule has 1 fully saturated rings. The second-order valence-corrected chi connectivity index (χ2v) is 4.63. The van der Waals surface area contributed by atoms with Gasteiger partial charge < -0.3 is 4.74 Å². The van der Waals surface area contributed by atoms with Gasteiger partial charge in [-0.25, -0.2) is 9.80 Å². The second-order valence-electron chi connectivity index (χ2n) is 3.72. The Hall–Kier alpha value is -2.09. The summed E-state index contributed by atoms with van der Waals surface area (Å²) in [6, 6.07) is 6.30. The van der Waals surface area contributed by atoms with Crippen LogP contribution in [0.5, 0.6) is 5.75 Å². The lowest BCUT2D eigenvalue weighted by Gasteiger charge is -2.14. The number of hydrogen-bond donors (Lipinski definition) is 2. The fourth-order valence-electron chi connectivity index (χ4n) is 1.39. The first-order valence-corrected chi connectivity index (χ1v) is 6.13. The smallest absolute Gasteiger partial charge is 0.343 e. The number of amides is 4. The highest BCUT2D eigenvalue weighted by Gasteiger charge is 2.28. The van der Waals surface area contributed by atoms with E-state index in [0.717, 1.165) is 9.48 Å². The number of benzene rings is 1. The van der Waals surface area contributed by atoms with Crippen LogP contribution in [0.3, 0.4) is 0 Å². The van der Waals surface area contributed by atoms with Gasteiger partial charge in [0.15, 0.2) is 6.61 Å². The van der Waals surface area contributed by atoms with E-state index in [1.807, 2.05) is 5.32 Å². The first-order chi connectivity index (χ1) is 9.04. The van der Waals surface area contributed by atoms with Gasteiger partial charge in [0, 0.05) is 4.47 Å². The molecular weight excluding hydrogens is 318 g/mol. The zero-order valence-electron chi connectivity index (χ0n) is 9.68. The third-order valence-electron chi connectivity index (χ3n) is 2.24. The van der Waals surface area contributed by atoms with Crippen LogP contribution in [-0.4, -0.2) is 36.0 Å². The normalized spacial score (nSPS) is 14.3. The Bertz CT molecular complexity index is 517. The lowest BCUT2D eigenvalue weighted by atomic mass is 10.3. The van der Waals surface area contributed by atoms with Crippen LogP contribution < -0.4 is 15.5 Å². The summed E-state index contributed by atoms with van der Waals surface area (Å²) in [6.07, 6.45) is 0. The molecule has 7 nitrogen and oxygen atoms in total. The molecule has 1 saturated heterocycles. The Morgan fingerprint density at radius 2 is 2.05 bits per heavy atom. The van der Waals surface area contributed by atoms with Gasteiger partial charge in [0.25, 0.3) is 5.91 Å². The van der Waals surface area contributed by atoms with Crippen molar-refractivity contribution in [2.45, 2.75) is 0 Å². The molecule has 0 saturated carbocycles. The molecule has 2 rings (SSSR count). The summed E-state index contributed by atoms with van der Waals surface area (Å²) in [5.41, 5.74) is 2.27. The number of carbonyl (C=O) groups is 3. The molecule has 0 radical (unpaired) electrons. The average Bonchev–Trinajstić information content (AvgIpc) is 2.67. The quantitative estimate of drug-likeness (QED) is 0.784. The van der Waals surface area contributed by atoms with Crippen LogP contribution >= 0.6 is 15.9 Å². The molecule has 0 aromatic heterocycles. The van der Waals surface area contributed by atoms with Crippen LogP contribution in [0.25, 0.3) is 0 Å². The third kappa shape index (κ3) is 3.68. The lowest BCUT2D eigenvalue weighted by molar-refractivity contribution is -0.127. The van der Waals surface area contributed by atoms with Crippen molar-refractivity contribution in [2.24, 2.45) is 0 Å². The second kappa shape index (κ2) is 5.70. The minimum Gasteiger partial charge on any atom is -0.484 e.